The van der Waals surface area contributed by atoms with E-state index in [0.717, 1.165) is 6.42 Å². The monoisotopic (exact) mass is 219 g/mol. The lowest BCUT2D eigenvalue weighted by Crippen LogP contribution is -2.37. The Balaban J connectivity index is 2.54. The van der Waals surface area contributed by atoms with E-state index < -0.39 is 11.0 Å². The molecule has 0 spiro atoms. The Kier molecular flexibility index (Phi) is 3.43. The third-order valence-corrected chi connectivity index (χ3v) is 3.03. The van der Waals surface area contributed by atoms with Crippen molar-refractivity contribution in [2.45, 2.75) is 38.2 Å². The van der Waals surface area contributed by atoms with Crippen molar-refractivity contribution in [3.63, 3.8) is 0 Å². The van der Waals surface area contributed by atoms with Crippen LogP contribution in [-0.2, 0) is 4.79 Å². The van der Waals surface area contributed by atoms with Crippen LogP contribution in [0.5, 0.6) is 0 Å². The van der Waals surface area contributed by atoms with E-state index >= 15 is 0 Å². The maximum Gasteiger partial charge on any atom is 0.240 e. The van der Waals surface area contributed by atoms with Gasteiger partial charge in [0.15, 0.2) is 0 Å². The molecule has 1 rings (SSSR count). The van der Waals surface area contributed by atoms with Gasteiger partial charge in [-0.15, -0.1) is 11.6 Å². The summed E-state index contributed by atoms with van der Waals surface area (Å²) in [7, 11) is 0. The molecule has 0 aliphatic carbocycles. The zero-order chi connectivity index (χ0) is 10.9. The smallest absolute Gasteiger partial charge is 0.240 e. The maximum atomic E-state index is 11.5. The van der Waals surface area contributed by atoms with Crippen LogP contribution in [-0.4, -0.2) is 40.0 Å². The summed E-state index contributed by atoms with van der Waals surface area (Å²) in [5.41, 5.74) is -0.704. The summed E-state index contributed by atoms with van der Waals surface area (Å²) in [6, 6.07) is 0. The van der Waals surface area contributed by atoms with E-state index in [2.05, 4.69) is 0 Å². The molecule has 3 nitrogen and oxygen atoms in total. The fourth-order valence-corrected chi connectivity index (χ4v) is 1.93. The minimum Gasteiger partial charge on any atom is -0.390 e. The second kappa shape index (κ2) is 4.07. The molecule has 0 radical (unpaired) electrons. The first-order valence-corrected chi connectivity index (χ1v) is 5.41. The van der Waals surface area contributed by atoms with E-state index in [0.29, 0.717) is 13.1 Å². The predicted molar refractivity (Wildman–Crippen MR) is 56.3 cm³/mol. The van der Waals surface area contributed by atoms with Gasteiger partial charge in [-0.2, -0.15) is 0 Å². The van der Waals surface area contributed by atoms with Crippen molar-refractivity contribution in [2.75, 3.05) is 13.1 Å². The number of carbonyl (C=O) groups is 1. The van der Waals surface area contributed by atoms with Crippen LogP contribution in [0.15, 0.2) is 0 Å². The first kappa shape index (κ1) is 11.8. The summed E-state index contributed by atoms with van der Waals surface area (Å²) in [5.74, 6) is 0.139. The topological polar surface area (TPSA) is 40.5 Å². The van der Waals surface area contributed by atoms with E-state index in [1.807, 2.05) is 0 Å². The minimum absolute atomic E-state index is 0.0292. The third-order valence-electron chi connectivity index (χ3n) is 2.84. The lowest BCUT2D eigenvalue weighted by atomic mass is 9.90. The van der Waals surface area contributed by atoms with Crippen LogP contribution in [0, 0.1) is 5.92 Å². The van der Waals surface area contributed by atoms with E-state index in [9.17, 15) is 9.90 Å². The number of hydrogen-bond acceptors (Lipinski definition) is 2. The largest absolute Gasteiger partial charge is 0.390 e. The molecule has 2 unspecified atom stereocenters. The van der Waals surface area contributed by atoms with Crippen molar-refractivity contribution < 1.29 is 9.90 Å². The molecule has 1 N–H and O–H groups in total. The van der Waals surface area contributed by atoms with Crippen molar-refractivity contribution in [1.82, 2.24) is 4.90 Å². The van der Waals surface area contributed by atoms with Crippen LogP contribution in [0.2, 0.25) is 0 Å². The van der Waals surface area contributed by atoms with Gasteiger partial charge in [0.05, 0.1) is 5.60 Å². The fourth-order valence-electron chi connectivity index (χ4n) is 1.79. The Morgan fingerprint density at radius 1 is 1.64 bits per heavy atom. The summed E-state index contributed by atoms with van der Waals surface area (Å²) in [4.78, 5) is 13.3. The van der Waals surface area contributed by atoms with Crippen molar-refractivity contribution in [1.29, 1.82) is 0 Å². The molecule has 4 heteroatoms. The summed E-state index contributed by atoms with van der Waals surface area (Å²) >= 11 is 5.72. The van der Waals surface area contributed by atoms with Crippen LogP contribution in [0.25, 0.3) is 0 Å². The molecule has 82 valence electrons. The summed E-state index contributed by atoms with van der Waals surface area (Å²) in [6.45, 7) is 6.59. The molecule has 1 aliphatic heterocycles. The molecular weight excluding hydrogens is 202 g/mol. The van der Waals surface area contributed by atoms with E-state index in [-0.39, 0.29) is 11.8 Å². The van der Waals surface area contributed by atoms with Gasteiger partial charge in [0, 0.05) is 19.0 Å². The fraction of sp³-hybridized carbons (Fsp3) is 0.900. The lowest BCUT2D eigenvalue weighted by molar-refractivity contribution is -0.129. The summed E-state index contributed by atoms with van der Waals surface area (Å²) < 4.78 is 0. The zero-order valence-electron chi connectivity index (χ0n) is 8.96. The molecule has 0 saturated carbocycles. The SMILES string of the molecule is CC(Cl)C(=O)N1CCC(C(C)(C)O)C1. The Hall–Kier alpha value is -0.280. The van der Waals surface area contributed by atoms with Gasteiger partial charge in [0.25, 0.3) is 0 Å². The van der Waals surface area contributed by atoms with Crippen LogP contribution < -0.4 is 0 Å². The molecule has 1 amide bonds. The number of nitrogens with zero attached hydrogens (tertiary/aromatic N) is 1. The van der Waals surface area contributed by atoms with Crippen LogP contribution in [0.1, 0.15) is 27.2 Å². The number of alkyl halides is 1. The summed E-state index contributed by atoms with van der Waals surface area (Å²) in [6.07, 6.45) is 0.860. The number of aliphatic hydroxyl groups is 1. The highest BCUT2D eigenvalue weighted by Gasteiger charge is 2.36. The van der Waals surface area contributed by atoms with E-state index in [1.54, 1.807) is 25.7 Å². The molecule has 1 saturated heterocycles. The standard InChI is InChI=1S/C10H18ClNO2/c1-7(11)9(13)12-5-4-8(6-12)10(2,3)14/h7-8,14H,4-6H2,1-3H3. The highest BCUT2D eigenvalue weighted by molar-refractivity contribution is 6.30. The molecular formula is C10H18ClNO2. The molecule has 14 heavy (non-hydrogen) atoms. The second-order valence-corrected chi connectivity index (χ2v) is 5.19. The van der Waals surface area contributed by atoms with Gasteiger partial charge in [-0.05, 0) is 27.2 Å². The van der Waals surface area contributed by atoms with Gasteiger partial charge in [-0.1, -0.05) is 0 Å². The number of halogens is 1. The van der Waals surface area contributed by atoms with Crippen molar-refractivity contribution >= 4 is 17.5 Å². The average Bonchev–Trinajstić information content (AvgIpc) is 2.49. The van der Waals surface area contributed by atoms with Gasteiger partial charge < -0.3 is 10.0 Å². The zero-order valence-corrected chi connectivity index (χ0v) is 9.71. The van der Waals surface area contributed by atoms with Gasteiger partial charge >= 0.3 is 0 Å². The highest BCUT2D eigenvalue weighted by atomic mass is 35.5. The van der Waals surface area contributed by atoms with Crippen LogP contribution in [0.3, 0.4) is 0 Å². The number of carbonyl (C=O) groups excluding carboxylic acids is 1. The molecule has 2 atom stereocenters. The number of amides is 1. The highest BCUT2D eigenvalue weighted by Crippen LogP contribution is 2.27. The Morgan fingerprint density at radius 2 is 2.21 bits per heavy atom. The normalized spacial score (nSPS) is 25.2. The van der Waals surface area contributed by atoms with E-state index in [4.69, 9.17) is 11.6 Å². The van der Waals surface area contributed by atoms with Gasteiger partial charge in [0.1, 0.15) is 5.38 Å². The van der Waals surface area contributed by atoms with Crippen molar-refractivity contribution in [2.24, 2.45) is 5.92 Å². The van der Waals surface area contributed by atoms with Crippen molar-refractivity contribution in [3.8, 4) is 0 Å². The Labute approximate surface area is 90.0 Å². The van der Waals surface area contributed by atoms with Gasteiger partial charge in [0.2, 0.25) is 5.91 Å². The van der Waals surface area contributed by atoms with Gasteiger partial charge in [-0.25, -0.2) is 0 Å². The molecule has 0 aromatic heterocycles. The van der Waals surface area contributed by atoms with Crippen LogP contribution in [0.4, 0.5) is 0 Å². The summed E-state index contributed by atoms with van der Waals surface area (Å²) in [5, 5.41) is 9.32. The van der Waals surface area contributed by atoms with E-state index in [1.165, 1.54) is 0 Å². The quantitative estimate of drug-likeness (QED) is 0.710. The van der Waals surface area contributed by atoms with Crippen LogP contribution >= 0.6 is 11.6 Å². The molecule has 0 bridgehead atoms. The molecule has 1 heterocycles. The molecule has 1 aliphatic rings. The third kappa shape index (κ3) is 2.61. The molecule has 0 aromatic carbocycles. The average molecular weight is 220 g/mol. The molecule has 1 fully saturated rings. The Bertz CT molecular complexity index is 223. The maximum absolute atomic E-state index is 11.5. The number of rotatable bonds is 2. The van der Waals surface area contributed by atoms with Crippen molar-refractivity contribution in [3.05, 3.63) is 0 Å². The van der Waals surface area contributed by atoms with Gasteiger partial charge in [-0.3, -0.25) is 4.79 Å². The molecule has 0 aromatic rings. The first-order valence-electron chi connectivity index (χ1n) is 4.97. The second-order valence-electron chi connectivity index (χ2n) is 4.54. The minimum atomic E-state index is -0.704. The number of likely N-dealkylation sites (tertiary alicyclic amines) is 1. The Morgan fingerprint density at radius 3 is 2.57 bits per heavy atom. The number of hydrogen-bond donors (Lipinski definition) is 1. The predicted octanol–water partition coefficient (Wildman–Crippen LogP) is 1.23. The first-order chi connectivity index (χ1) is 6.32. The lowest BCUT2D eigenvalue weighted by Gasteiger charge is -2.25.